The Balaban J connectivity index is 2.04. The summed E-state index contributed by atoms with van der Waals surface area (Å²) < 4.78 is 0. The first-order valence-electron chi connectivity index (χ1n) is 6.54. The molecule has 4 amide bonds. The molecule has 1 aromatic carbocycles. The first-order chi connectivity index (χ1) is 10.2. The third kappa shape index (κ3) is 3.69. The number of carbonyl (C=O) groups excluding carboxylic acids is 3. The highest BCUT2D eigenvalue weighted by atomic mass is 35.5. The topological polar surface area (TPSA) is 78.5 Å². The van der Waals surface area contributed by atoms with Crippen LogP contribution in [0, 0.1) is 0 Å². The van der Waals surface area contributed by atoms with Crippen LogP contribution in [0.25, 0.3) is 0 Å². The number of urea groups is 1. The molecule has 6 nitrogen and oxygen atoms in total. The molecule has 2 rings (SSSR count). The monoisotopic (exact) mass is 343 g/mol. The van der Waals surface area contributed by atoms with Crippen molar-refractivity contribution < 1.29 is 14.4 Å². The van der Waals surface area contributed by atoms with Crippen LogP contribution in [0.1, 0.15) is 19.4 Å². The Labute approximate surface area is 137 Å². The van der Waals surface area contributed by atoms with Gasteiger partial charge >= 0.3 is 6.03 Å². The van der Waals surface area contributed by atoms with Crippen molar-refractivity contribution in [2.75, 3.05) is 13.1 Å². The second-order valence-electron chi connectivity index (χ2n) is 5.51. The predicted octanol–water partition coefficient (Wildman–Crippen LogP) is 1.90. The van der Waals surface area contributed by atoms with Crippen LogP contribution in [0.3, 0.4) is 0 Å². The van der Waals surface area contributed by atoms with E-state index in [1.165, 1.54) is 0 Å². The van der Waals surface area contributed by atoms with Gasteiger partial charge in [-0.25, -0.2) is 4.79 Å². The first-order valence-corrected chi connectivity index (χ1v) is 7.30. The van der Waals surface area contributed by atoms with E-state index in [2.05, 4.69) is 10.6 Å². The molecule has 0 spiro atoms. The molecule has 0 aromatic heterocycles. The number of rotatable bonds is 4. The Kier molecular flexibility index (Phi) is 4.63. The number of carbonyl (C=O) groups is 3. The van der Waals surface area contributed by atoms with Crippen LogP contribution in [-0.4, -0.2) is 35.8 Å². The fourth-order valence-corrected chi connectivity index (χ4v) is 2.43. The van der Waals surface area contributed by atoms with Crippen LogP contribution >= 0.6 is 23.2 Å². The number of benzene rings is 1. The van der Waals surface area contributed by atoms with Gasteiger partial charge in [-0.15, -0.1) is 0 Å². The highest BCUT2D eigenvalue weighted by Crippen LogP contribution is 2.28. The molecule has 0 radical (unpaired) electrons. The first kappa shape index (κ1) is 16.6. The highest BCUT2D eigenvalue weighted by molar-refractivity contribution is 6.42. The molecule has 118 valence electrons. The van der Waals surface area contributed by atoms with Crippen LogP contribution in [0.15, 0.2) is 18.2 Å². The SMILES string of the molecule is CC(C)(NC(=O)CN1CC(=O)NC1=O)c1ccc(Cl)c(Cl)c1. The van der Waals surface area contributed by atoms with Crippen molar-refractivity contribution in [2.24, 2.45) is 0 Å². The summed E-state index contributed by atoms with van der Waals surface area (Å²) in [4.78, 5) is 35.7. The van der Waals surface area contributed by atoms with Crippen molar-refractivity contribution >= 4 is 41.0 Å². The third-order valence-electron chi connectivity index (χ3n) is 3.30. The fraction of sp³-hybridized carbons (Fsp3) is 0.357. The van der Waals surface area contributed by atoms with Crippen molar-refractivity contribution in [2.45, 2.75) is 19.4 Å². The number of hydrogen-bond acceptors (Lipinski definition) is 3. The minimum absolute atomic E-state index is 0.112. The Hall–Kier alpha value is -1.79. The quantitative estimate of drug-likeness (QED) is 0.819. The number of halogens is 2. The van der Waals surface area contributed by atoms with Gasteiger partial charge in [0.05, 0.1) is 15.6 Å². The summed E-state index contributed by atoms with van der Waals surface area (Å²) in [7, 11) is 0. The smallest absolute Gasteiger partial charge is 0.325 e. The summed E-state index contributed by atoms with van der Waals surface area (Å²) in [6.45, 7) is 3.31. The molecule has 0 aliphatic carbocycles. The van der Waals surface area contributed by atoms with Crippen molar-refractivity contribution in [1.29, 1.82) is 0 Å². The van der Waals surface area contributed by atoms with E-state index in [1.807, 2.05) is 0 Å². The van der Waals surface area contributed by atoms with Crippen LogP contribution in [0.2, 0.25) is 10.0 Å². The van der Waals surface area contributed by atoms with Gasteiger partial charge < -0.3 is 10.2 Å². The van der Waals surface area contributed by atoms with Gasteiger partial charge in [-0.1, -0.05) is 29.3 Å². The molecular weight excluding hydrogens is 329 g/mol. The molecule has 0 unspecified atom stereocenters. The van der Waals surface area contributed by atoms with E-state index < -0.39 is 17.5 Å². The molecule has 1 fully saturated rings. The zero-order valence-corrected chi connectivity index (χ0v) is 13.6. The van der Waals surface area contributed by atoms with Crippen molar-refractivity contribution in [3.8, 4) is 0 Å². The Morgan fingerprint density at radius 3 is 2.55 bits per heavy atom. The maximum absolute atomic E-state index is 12.1. The number of hydrogen-bond donors (Lipinski definition) is 2. The second kappa shape index (κ2) is 6.14. The lowest BCUT2D eigenvalue weighted by Crippen LogP contribution is -2.46. The predicted molar refractivity (Wildman–Crippen MR) is 82.7 cm³/mol. The summed E-state index contributed by atoms with van der Waals surface area (Å²) in [6.07, 6.45) is 0. The van der Waals surface area contributed by atoms with Gasteiger partial charge in [0.25, 0.3) is 0 Å². The summed E-state index contributed by atoms with van der Waals surface area (Å²) in [5, 5.41) is 5.75. The number of amides is 4. The van der Waals surface area contributed by atoms with Gasteiger partial charge in [0, 0.05) is 0 Å². The van der Waals surface area contributed by atoms with E-state index in [0.717, 1.165) is 10.5 Å². The van der Waals surface area contributed by atoms with Gasteiger partial charge in [-0.2, -0.15) is 0 Å². The maximum Gasteiger partial charge on any atom is 0.325 e. The lowest BCUT2D eigenvalue weighted by Gasteiger charge is -2.28. The Morgan fingerprint density at radius 2 is 2.00 bits per heavy atom. The molecule has 1 aliphatic heterocycles. The number of nitrogens with one attached hydrogen (secondary N) is 2. The summed E-state index contributed by atoms with van der Waals surface area (Å²) in [6, 6.07) is 4.53. The number of imide groups is 1. The van der Waals surface area contributed by atoms with Crippen LogP contribution < -0.4 is 10.6 Å². The fourth-order valence-electron chi connectivity index (χ4n) is 2.13. The molecular formula is C14H15Cl2N3O3. The largest absolute Gasteiger partial charge is 0.346 e. The van der Waals surface area contributed by atoms with E-state index in [4.69, 9.17) is 23.2 Å². The zero-order valence-electron chi connectivity index (χ0n) is 12.1. The lowest BCUT2D eigenvalue weighted by atomic mass is 9.94. The van der Waals surface area contributed by atoms with Gasteiger partial charge in [0.1, 0.15) is 13.1 Å². The van der Waals surface area contributed by atoms with Crippen molar-refractivity contribution in [3.05, 3.63) is 33.8 Å². The zero-order chi connectivity index (χ0) is 16.5. The maximum atomic E-state index is 12.1. The molecule has 2 N–H and O–H groups in total. The molecule has 0 atom stereocenters. The minimum atomic E-state index is -0.703. The summed E-state index contributed by atoms with van der Waals surface area (Å²) in [5.41, 5.74) is 0.0723. The molecule has 1 aliphatic rings. The second-order valence-corrected chi connectivity index (χ2v) is 6.33. The Bertz CT molecular complexity index is 646. The average molecular weight is 344 g/mol. The normalized spacial score (nSPS) is 15.0. The molecule has 0 saturated carbocycles. The van der Waals surface area contributed by atoms with Gasteiger partial charge in [-0.3, -0.25) is 14.9 Å². The van der Waals surface area contributed by atoms with E-state index in [1.54, 1.807) is 32.0 Å². The van der Waals surface area contributed by atoms with E-state index in [0.29, 0.717) is 10.0 Å². The number of nitrogens with zero attached hydrogens (tertiary/aromatic N) is 1. The molecule has 0 bridgehead atoms. The standard InChI is InChI=1S/C14H15Cl2N3O3/c1-14(2,8-3-4-9(15)10(16)5-8)18-12(21)7-19-6-11(20)17-13(19)22/h3-5H,6-7H2,1-2H3,(H,18,21)(H,17,20,22). The van der Waals surface area contributed by atoms with E-state index >= 15 is 0 Å². The molecule has 1 aromatic rings. The van der Waals surface area contributed by atoms with Crippen molar-refractivity contribution in [1.82, 2.24) is 15.5 Å². The van der Waals surface area contributed by atoms with E-state index in [-0.39, 0.29) is 19.0 Å². The van der Waals surface area contributed by atoms with E-state index in [9.17, 15) is 14.4 Å². The average Bonchev–Trinajstić information content (AvgIpc) is 2.70. The molecule has 1 saturated heterocycles. The Morgan fingerprint density at radius 1 is 1.32 bits per heavy atom. The van der Waals surface area contributed by atoms with Crippen molar-refractivity contribution in [3.63, 3.8) is 0 Å². The molecule has 8 heteroatoms. The summed E-state index contributed by atoms with van der Waals surface area (Å²) >= 11 is 11.9. The third-order valence-corrected chi connectivity index (χ3v) is 4.03. The van der Waals surface area contributed by atoms with Crippen LogP contribution in [-0.2, 0) is 15.1 Å². The highest BCUT2D eigenvalue weighted by Gasteiger charge is 2.30. The van der Waals surface area contributed by atoms with Crippen LogP contribution in [0.4, 0.5) is 4.79 Å². The molecule has 22 heavy (non-hydrogen) atoms. The minimum Gasteiger partial charge on any atom is -0.346 e. The van der Waals surface area contributed by atoms with Gasteiger partial charge in [-0.05, 0) is 31.5 Å². The lowest BCUT2D eigenvalue weighted by molar-refractivity contribution is -0.123. The van der Waals surface area contributed by atoms with Gasteiger partial charge in [0.2, 0.25) is 11.8 Å². The van der Waals surface area contributed by atoms with Gasteiger partial charge in [0.15, 0.2) is 0 Å². The molecule has 1 heterocycles. The van der Waals surface area contributed by atoms with Crippen LogP contribution in [0.5, 0.6) is 0 Å². The summed E-state index contributed by atoms with van der Waals surface area (Å²) in [5.74, 6) is -0.789.